The fraction of sp³-hybridized carbons (Fsp3) is 0.455. The van der Waals surface area contributed by atoms with E-state index >= 15 is 0 Å². The molecule has 0 aromatic heterocycles. The van der Waals surface area contributed by atoms with Crippen molar-refractivity contribution < 1.29 is 9.47 Å². The molecule has 0 radical (unpaired) electrons. The van der Waals surface area contributed by atoms with Gasteiger partial charge in [0.1, 0.15) is 0 Å². The maximum Gasteiger partial charge on any atom is 0.183 e. The van der Waals surface area contributed by atoms with E-state index in [-0.39, 0.29) is 6.29 Å². The van der Waals surface area contributed by atoms with Crippen LogP contribution in [0, 0.1) is 13.8 Å². The van der Waals surface area contributed by atoms with Gasteiger partial charge in [-0.25, -0.2) is 0 Å². The monoisotopic (exact) mass is 258 g/mol. The van der Waals surface area contributed by atoms with Crippen LogP contribution in [0.5, 0.6) is 0 Å². The third kappa shape index (κ3) is 2.35. The number of rotatable bonds is 3. The lowest BCUT2D eigenvalue weighted by atomic mass is 10.0. The third-order valence-electron chi connectivity index (χ3n) is 2.35. The van der Waals surface area contributed by atoms with Crippen LogP contribution in [0.1, 0.15) is 23.0 Å². The van der Waals surface area contributed by atoms with Crippen LogP contribution in [0.15, 0.2) is 16.6 Å². The SMILES string of the molecule is COC(OC)c1cc(Br)cc(C)c1C. The Morgan fingerprint density at radius 1 is 1.14 bits per heavy atom. The maximum absolute atomic E-state index is 5.23. The van der Waals surface area contributed by atoms with E-state index in [2.05, 4.69) is 35.8 Å². The first-order chi connectivity index (χ1) is 6.60. The normalized spacial score (nSPS) is 11.0. The predicted octanol–water partition coefficient (Wildman–Crippen LogP) is 3.36. The van der Waals surface area contributed by atoms with Gasteiger partial charge in [-0.15, -0.1) is 0 Å². The number of benzene rings is 1. The largest absolute Gasteiger partial charge is 0.352 e. The summed E-state index contributed by atoms with van der Waals surface area (Å²) in [5.74, 6) is 0. The Balaban J connectivity index is 3.18. The predicted molar refractivity (Wildman–Crippen MR) is 60.4 cm³/mol. The van der Waals surface area contributed by atoms with Crippen LogP contribution in [0.4, 0.5) is 0 Å². The first-order valence-electron chi connectivity index (χ1n) is 4.42. The standard InChI is InChI=1S/C11H15BrO2/c1-7-5-9(12)6-10(8(7)2)11(13-3)14-4/h5-6,11H,1-4H3. The number of ether oxygens (including phenoxy) is 2. The van der Waals surface area contributed by atoms with E-state index in [0.29, 0.717) is 0 Å². The van der Waals surface area contributed by atoms with Crippen LogP contribution < -0.4 is 0 Å². The number of aryl methyl sites for hydroxylation is 1. The summed E-state index contributed by atoms with van der Waals surface area (Å²) in [6.07, 6.45) is -0.286. The molecule has 14 heavy (non-hydrogen) atoms. The molecular formula is C11H15BrO2. The van der Waals surface area contributed by atoms with Gasteiger partial charge in [-0.1, -0.05) is 15.9 Å². The number of hydrogen-bond acceptors (Lipinski definition) is 2. The molecule has 0 unspecified atom stereocenters. The Kier molecular flexibility index (Phi) is 4.11. The molecular weight excluding hydrogens is 244 g/mol. The number of methoxy groups -OCH3 is 2. The summed E-state index contributed by atoms with van der Waals surface area (Å²) in [4.78, 5) is 0. The molecule has 0 saturated heterocycles. The molecule has 3 heteroatoms. The molecule has 0 spiro atoms. The summed E-state index contributed by atoms with van der Waals surface area (Å²) < 4.78 is 11.5. The lowest BCUT2D eigenvalue weighted by Gasteiger charge is -2.17. The minimum absolute atomic E-state index is 0.286. The van der Waals surface area contributed by atoms with Gasteiger partial charge >= 0.3 is 0 Å². The summed E-state index contributed by atoms with van der Waals surface area (Å²) in [7, 11) is 3.29. The second kappa shape index (κ2) is 4.91. The zero-order valence-corrected chi connectivity index (χ0v) is 10.5. The topological polar surface area (TPSA) is 18.5 Å². The number of hydrogen-bond donors (Lipinski definition) is 0. The van der Waals surface area contributed by atoms with Crippen LogP contribution in [0.3, 0.4) is 0 Å². The number of halogens is 1. The molecule has 0 aliphatic rings. The van der Waals surface area contributed by atoms with E-state index in [1.165, 1.54) is 11.1 Å². The molecule has 0 bridgehead atoms. The van der Waals surface area contributed by atoms with Crippen molar-refractivity contribution in [3.05, 3.63) is 33.3 Å². The molecule has 0 fully saturated rings. The Bertz CT molecular complexity index is 319. The minimum Gasteiger partial charge on any atom is -0.352 e. The molecule has 2 nitrogen and oxygen atoms in total. The van der Waals surface area contributed by atoms with Crippen LogP contribution in [-0.4, -0.2) is 14.2 Å². The summed E-state index contributed by atoms with van der Waals surface area (Å²) in [5, 5.41) is 0. The average Bonchev–Trinajstić information content (AvgIpc) is 2.15. The van der Waals surface area contributed by atoms with Gasteiger partial charge in [0.2, 0.25) is 0 Å². The molecule has 0 aliphatic carbocycles. The first-order valence-corrected chi connectivity index (χ1v) is 5.21. The quantitative estimate of drug-likeness (QED) is 0.775. The minimum atomic E-state index is -0.286. The van der Waals surface area contributed by atoms with Crippen LogP contribution in [0.25, 0.3) is 0 Å². The van der Waals surface area contributed by atoms with Crippen molar-refractivity contribution in [3.63, 3.8) is 0 Å². The van der Waals surface area contributed by atoms with Gasteiger partial charge in [0.25, 0.3) is 0 Å². The smallest absolute Gasteiger partial charge is 0.183 e. The molecule has 1 aromatic carbocycles. The van der Waals surface area contributed by atoms with Crippen molar-refractivity contribution in [2.75, 3.05) is 14.2 Å². The highest BCUT2D eigenvalue weighted by atomic mass is 79.9. The van der Waals surface area contributed by atoms with E-state index in [9.17, 15) is 0 Å². The molecule has 0 amide bonds. The van der Waals surface area contributed by atoms with Gasteiger partial charge in [0.05, 0.1) is 0 Å². The van der Waals surface area contributed by atoms with Crippen molar-refractivity contribution in [3.8, 4) is 0 Å². The molecule has 0 aliphatic heterocycles. The van der Waals surface area contributed by atoms with E-state index in [1.807, 2.05) is 6.07 Å². The van der Waals surface area contributed by atoms with Crippen molar-refractivity contribution in [1.82, 2.24) is 0 Å². The fourth-order valence-corrected chi connectivity index (χ4v) is 2.03. The first kappa shape index (κ1) is 11.7. The van der Waals surface area contributed by atoms with Crippen LogP contribution >= 0.6 is 15.9 Å². The molecule has 0 saturated carbocycles. The second-order valence-electron chi connectivity index (χ2n) is 3.24. The highest BCUT2D eigenvalue weighted by Gasteiger charge is 2.13. The molecule has 0 heterocycles. The Morgan fingerprint density at radius 3 is 2.21 bits per heavy atom. The lowest BCUT2D eigenvalue weighted by molar-refractivity contribution is -0.106. The zero-order chi connectivity index (χ0) is 10.7. The van der Waals surface area contributed by atoms with E-state index in [0.717, 1.165) is 10.0 Å². The lowest BCUT2D eigenvalue weighted by Crippen LogP contribution is -2.06. The van der Waals surface area contributed by atoms with E-state index in [1.54, 1.807) is 14.2 Å². The van der Waals surface area contributed by atoms with Gasteiger partial charge in [-0.2, -0.15) is 0 Å². The van der Waals surface area contributed by atoms with Crippen molar-refractivity contribution in [2.24, 2.45) is 0 Å². The van der Waals surface area contributed by atoms with Gasteiger partial charge in [0, 0.05) is 24.3 Å². The highest BCUT2D eigenvalue weighted by molar-refractivity contribution is 9.10. The molecule has 0 N–H and O–H groups in total. The maximum atomic E-state index is 5.23. The summed E-state index contributed by atoms with van der Waals surface area (Å²) in [6.45, 7) is 4.15. The Labute approximate surface area is 93.4 Å². The van der Waals surface area contributed by atoms with Crippen LogP contribution in [0.2, 0.25) is 0 Å². The molecule has 0 atom stereocenters. The van der Waals surface area contributed by atoms with Gasteiger partial charge < -0.3 is 9.47 Å². The Hall–Kier alpha value is -0.380. The van der Waals surface area contributed by atoms with Gasteiger partial charge in [-0.05, 0) is 37.1 Å². The van der Waals surface area contributed by atoms with Crippen molar-refractivity contribution in [1.29, 1.82) is 0 Å². The van der Waals surface area contributed by atoms with Gasteiger partial charge in [0.15, 0.2) is 6.29 Å². The second-order valence-corrected chi connectivity index (χ2v) is 4.16. The van der Waals surface area contributed by atoms with Crippen molar-refractivity contribution >= 4 is 15.9 Å². The third-order valence-corrected chi connectivity index (χ3v) is 2.81. The highest BCUT2D eigenvalue weighted by Crippen LogP contribution is 2.27. The van der Waals surface area contributed by atoms with E-state index in [4.69, 9.17) is 9.47 Å². The Morgan fingerprint density at radius 2 is 1.71 bits per heavy atom. The summed E-state index contributed by atoms with van der Waals surface area (Å²) in [5.41, 5.74) is 3.51. The zero-order valence-electron chi connectivity index (χ0n) is 8.93. The summed E-state index contributed by atoms with van der Waals surface area (Å²) in [6, 6.07) is 4.11. The van der Waals surface area contributed by atoms with E-state index < -0.39 is 0 Å². The van der Waals surface area contributed by atoms with Crippen molar-refractivity contribution in [2.45, 2.75) is 20.1 Å². The summed E-state index contributed by atoms with van der Waals surface area (Å²) >= 11 is 3.46. The molecule has 1 rings (SSSR count). The average molecular weight is 259 g/mol. The molecule has 1 aromatic rings. The molecule has 78 valence electrons. The van der Waals surface area contributed by atoms with Crippen LogP contribution in [-0.2, 0) is 9.47 Å². The fourth-order valence-electron chi connectivity index (χ4n) is 1.44. The van der Waals surface area contributed by atoms with Gasteiger partial charge in [-0.3, -0.25) is 0 Å².